The summed E-state index contributed by atoms with van der Waals surface area (Å²) in [6.45, 7) is 3.23. The maximum atomic E-state index is 4.92. The fourth-order valence-corrected chi connectivity index (χ4v) is 0.970. The molecule has 0 heterocycles. The van der Waals surface area contributed by atoms with Crippen LogP contribution < -0.4 is 5.32 Å². The summed E-state index contributed by atoms with van der Waals surface area (Å²) in [7, 11) is 1.75. The van der Waals surface area contributed by atoms with Crippen molar-refractivity contribution in [2.24, 2.45) is 5.92 Å². The summed E-state index contributed by atoms with van der Waals surface area (Å²) in [4.78, 5) is 0. The van der Waals surface area contributed by atoms with Crippen LogP contribution >= 0.6 is 0 Å². The Bertz CT molecular complexity index is 81.3. The van der Waals surface area contributed by atoms with E-state index in [1.165, 1.54) is 19.4 Å². The monoisotopic (exact) mass is 143 g/mol. The van der Waals surface area contributed by atoms with Crippen molar-refractivity contribution in [2.45, 2.75) is 19.3 Å². The molecule has 1 fully saturated rings. The summed E-state index contributed by atoms with van der Waals surface area (Å²) >= 11 is 0. The average Bonchev–Trinajstić information content (AvgIpc) is 2.71. The molecule has 1 rings (SSSR count). The largest absolute Gasteiger partial charge is 0.385 e. The van der Waals surface area contributed by atoms with Crippen LogP contribution in [0.3, 0.4) is 0 Å². The Morgan fingerprint density at radius 1 is 1.50 bits per heavy atom. The number of hydrogen-bond donors (Lipinski definition) is 1. The third-order valence-electron chi connectivity index (χ3n) is 1.83. The Kier molecular flexibility index (Phi) is 3.76. The molecule has 0 spiro atoms. The zero-order valence-electron chi connectivity index (χ0n) is 6.73. The number of ether oxygens (including phenoxy) is 1. The quantitative estimate of drug-likeness (QED) is 0.561. The highest BCUT2D eigenvalue weighted by Crippen LogP contribution is 2.27. The molecule has 1 saturated carbocycles. The molecule has 0 radical (unpaired) electrons. The predicted molar refractivity (Wildman–Crippen MR) is 42.1 cm³/mol. The van der Waals surface area contributed by atoms with Crippen LogP contribution in [0.4, 0.5) is 0 Å². The molecule has 0 aliphatic heterocycles. The second-order valence-electron chi connectivity index (χ2n) is 2.99. The van der Waals surface area contributed by atoms with Crippen molar-refractivity contribution >= 4 is 0 Å². The number of rotatable bonds is 6. The highest BCUT2D eigenvalue weighted by Gasteiger charge is 2.19. The second kappa shape index (κ2) is 4.69. The first-order valence-corrected chi connectivity index (χ1v) is 4.13. The highest BCUT2D eigenvalue weighted by atomic mass is 16.5. The van der Waals surface area contributed by atoms with Gasteiger partial charge in [-0.3, -0.25) is 0 Å². The van der Waals surface area contributed by atoms with E-state index in [0.717, 1.165) is 25.5 Å². The molecule has 0 atom stereocenters. The van der Waals surface area contributed by atoms with Crippen LogP contribution in [0.5, 0.6) is 0 Å². The molecule has 0 aromatic rings. The topological polar surface area (TPSA) is 21.3 Å². The van der Waals surface area contributed by atoms with Crippen molar-refractivity contribution in [1.29, 1.82) is 0 Å². The number of methoxy groups -OCH3 is 1. The van der Waals surface area contributed by atoms with Crippen LogP contribution in [0.2, 0.25) is 0 Å². The molecule has 2 nitrogen and oxygen atoms in total. The molecule has 10 heavy (non-hydrogen) atoms. The third kappa shape index (κ3) is 3.85. The van der Waals surface area contributed by atoms with Gasteiger partial charge in [-0.25, -0.2) is 0 Å². The summed E-state index contributed by atoms with van der Waals surface area (Å²) in [5.74, 6) is 1.00. The molecule has 0 aromatic carbocycles. The molecule has 1 aliphatic carbocycles. The normalized spacial score (nSPS) is 17.7. The Labute approximate surface area is 63.0 Å². The zero-order valence-corrected chi connectivity index (χ0v) is 6.73. The van der Waals surface area contributed by atoms with Crippen molar-refractivity contribution in [3.8, 4) is 0 Å². The number of hydrogen-bond acceptors (Lipinski definition) is 2. The van der Waals surface area contributed by atoms with Crippen molar-refractivity contribution in [3.63, 3.8) is 0 Å². The van der Waals surface area contributed by atoms with Gasteiger partial charge in [-0.1, -0.05) is 0 Å². The van der Waals surface area contributed by atoms with E-state index in [9.17, 15) is 0 Å². The lowest BCUT2D eigenvalue weighted by atomic mass is 10.4. The Morgan fingerprint density at radius 2 is 2.30 bits per heavy atom. The van der Waals surface area contributed by atoms with Crippen LogP contribution in [0.15, 0.2) is 0 Å². The van der Waals surface area contributed by atoms with Crippen molar-refractivity contribution in [3.05, 3.63) is 0 Å². The highest BCUT2D eigenvalue weighted by molar-refractivity contribution is 4.74. The van der Waals surface area contributed by atoms with Crippen molar-refractivity contribution in [1.82, 2.24) is 5.32 Å². The fraction of sp³-hybridized carbons (Fsp3) is 1.00. The SMILES string of the molecule is COCCCNCC1CC1. The van der Waals surface area contributed by atoms with Gasteiger partial charge < -0.3 is 10.1 Å². The van der Waals surface area contributed by atoms with E-state index in [2.05, 4.69) is 5.32 Å². The molecule has 0 aromatic heterocycles. The summed E-state index contributed by atoms with van der Waals surface area (Å²) in [6.07, 6.45) is 4.03. The summed E-state index contributed by atoms with van der Waals surface area (Å²) < 4.78 is 4.92. The van der Waals surface area contributed by atoms with E-state index in [0.29, 0.717) is 0 Å². The third-order valence-corrected chi connectivity index (χ3v) is 1.83. The van der Waals surface area contributed by atoms with Gasteiger partial charge in [0.25, 0.3) is 0 Å². The first kappa shape index (κ1) is 8.02. The molecule has 0 amide bonds. The zero-order chi connectivity index (χ0) is 7.23. The van der Waals surface area contributed by atoms with E-state index >= 15 is 0 Å². The predicted octanol–water partition coefficient (Wildman–Crippen LogP) is 1.02. The Balaban J connectivity index is 1.68. The summed E-state index contributed by atoms with van der Waals surface area (Å²) in [5, 5.41) is 3.40. The molecule has 0 bridgehead atoms. The molecular formula is C8H17NO. The smallest absolute Gasteiger partial charge is 0.0474 e. The van der Waals surface area contributed by atoms with E-state index in [4.69, 9.17) is 4.74 Å². The number of nitrogens with one attached hydrogen (secondary N) is 1. The van der Waals surface area contributed by atoms with Gasteiger partial charge in [0, 0.05) is 13.7 Å². The minimum Gasteiger partial charge on any atom is -0.385 e. The molecule has 60 valence electrons. The van der Waals surface area contributed by atoms with Gasteiger partial charge in [0.2, 0.25) is 0 Å². The van der Waals surface area contributed by atoms with E-state index in [1.807, 2.05) is 0 Å². The van der Waals surface area contributed by atoms with Gasteiger partial charge in [-0.2, -0.15) is 0 Å². The first-order valence-electron chi connectivity index (χ1n) is 4.13. The molecule has 2 heteroatoms. The lowest BCUT2D eigenvalue weighted by molar-refractivity contribution is 0.194. The van der Waals surface area contributed by atoms with Gasteiger partial charge in [0.15, 0.2) is 0 Å². The summed E-state index contributed by atoms with van der Waals surface area (Å²) in [5.41, 5.74) is 0. The molecule has 0 unspecified atom stereocenters. The standard InChI is InChI=1S/C8H17NO/c1-10-6-2-5-9-7-8-3-4-8/h8-9H,2-7H2,1H3. The lowest BCUT2D eigenvalue weighted by Crippen LogP contribution is -2.19. The van der Waals surface area contributed by atoms with Gasteiger partial charge in [-0.05, 0) is 38.3 Å². The van der Waals surface area contributed by atoms with Crippen molar-refractivity contribution in [2.75, 3.05) is 26.8 Å². The molecule has 1 aliphatic rings. The fourth-order valence-electron chi connectivity index (χ4n) is 0.970. The van der Waals surface area contributed by atoms with Gasteiger partial charge in [-0.15, -0.1) is 0 Å². The maximum absolute atomic E-state index is 4.92. The Morgan fingerprint density at radius 3 is 2.90 bits per heavy atom. The van der Waals surface area contributed by atoms with Gasteiger partial charge >= 0.3 is 0 Å². The Hall–Kier alpha value is -0.0800. The average molecular weight is 143 g/mol. The minimum absolute atomic E-state index is 0.887. The van der Waals surface area contributed by atoms with Gasteiger partial charge in [0.1, 0.15) is 0 Å². The molecule has 1 N–H and O–H groups in total. The van der Waals surface area contributed by atoms with Gasteiger partial charge in [0.05, 0.1) is 0 Å². The second-order valence-corrected chi connectivity index (χ2v) is 2.99. The van der Waals surface area contributed by atoms with E-state index in [-0.39, 0.29) is 0 Å². The molecule has 0 saturated heterocycles. The first-order chi connectivity index (χ1) is 4.93. The van der Waals surface area contributed by atoms with Crippen LogP contribution in [-0.4, -0.2) is 26.8 Å². The van der Waals surface area contributed by atoms with Crippen molar-refractivity contribution < 1.29 is 4.74 Å². The maximum Gasteiger partial charge on any atom is 0.0474 e. The van der Waals surface area contributed by atoms with E-state index < -0.39 is 0 Å². The van der Waals surface area contributed by atoms with Crippen LogP contribution in [0.1, 0.15) is 19.3 Å². The summed E-state index contributed by atoms with van der Waals surface area (Å²) in [6, 6.07) is 0. The molecular weight excluding hydrogens is 126 g/mol. The van der Waals surface area contributed by atoms with Crippen LogP contribution in [-0.2, 0) is 4.74 Å². The lowest BCUT2D eigenvalue weighted by Gasteiger charge is -2.01. The van der Waals surface area contributed by atoms with Crippen LogP contribution in [0, 0.1) is 5.92 Å². The van der Waals surface area contributed by atoms with E-state index in [1.54, 1.807) is 7.11 Å². The minimum atomic E-state index is 0.887. The van der Waals surface area contributed by atoms with Crippen LogP contribution in [0.25, 0.3) is 0 Å².